The monoisotopic (exact) mass is 322 g/mol. The van der Waals surface area contributed by atoms with Gasteiger partial charge in [0.15, 0.2) is 0 Å². The molecule has 0 aromatic heterocycles. The van der Waals surface area contributed by atoms with E-state index in [-0.39, 0.29) is 27.4 Å². The van der Waals surface area contributed by atoms with Crippen LogP contribution in [0.4, 0.5) is 0 Å². The van der Waals surface area contributed by atoms with Crippen LogP contribution in [-0.2, 0) is 27.5 Å². The predicted molar refractivity (Wildman–Crippen MR) is 36.3 cm³/mol. The Labute approximate surface area is 96.2 Å². The third kappa shape index (κ3) is 1220. The van der Waals surface area contributed by atoms with Crippen LogP contribution < -0.4 is 0 Å². The van der Waals surface area contributed by atoms with Crippen LogP contribution >= 0.6 is 0 Å². The zero-order valence-corrected chi connectivity index (χ0v) is 9.29. The molecule has 15 heteroatoms. The normalized spacial score (nSPS) is 3.40. The molecular weight excluding hydrogens is 311 g/mol. The van der Waals surface area contributed by atoms with Gasteiger partial charge < -0.3 is 37.8 Å². The molecule has 0 aliphatic heterocycles. The molecule has 0 atom stereocenters. The van der Waals surface area contributed by atoms with Crippen molar-refractivity contribution in [1.29, 1.82) is 0 Å². The van der Waals surface area contributed by atoms with E-state index < -0.39 is 10.2 Å². The molecule has 0 aromatic carbocycles. The maximum absolute atomic E-state index is 8.36. The Hall–Kier alpha value is -1.12. The third-order valence-corrected chi connectivity index (χ3v) is 0. The van der Waals surface area contributed by atoms with Gasteiger partial charge in [0.1, 0.15) is 0 Å². The van der Waals surface area contributed by atoms with Gasteiger partial charge in [-0.1, -0.05) is 0 Å². The molecule has 0 fully saturated rings. The second kappa shape index (κ2) is 76.3. The fourth-order valence-electron chi connectivity index (χ4n) is 0. The number of rotatable bonds is 0. The number of hydrogen-bond donors (Lipinski definition) is 2. The van der Waals surface area contributed by atoms with E-state index >= 15 is 0 Å². The second-order valence-electron chi connectivity index (χ2n) is 0.476. The van der Waals surface area contributed by atoms with Crippen molar-refractivity contribution < 1.29 is 75.5 Å². The molecule has 15 heavy (non-hydrogen) atoms. The van der Waals surface area contributed by atoms with Crippen molar-refractivity contribution >= 4 is 0 Å². The Balaban J connectivity index is -0.00000000726. The average molecular weight is 323 g/mol. The van der Waals surface area contributed by atoms with Crippen LogP contribution in [0.5, 0.6) is 0 Å². The van der Waals surface area contributed by atoms with Gasteiger partial charge in [0, 0.05) is 0 Å². The summed E-state index contributed by atoms with van der Waals surface area (Å²) in [5, 5.41) is 27.3. The quantitative estimate of drug-likeness (QED) is 0.322. The first-order chi connectivity index (χ1) is 4.46. The summed E-state index contributed by atoms with van der Waals surface area (Å²) in [5.41, 5.74) is 0. The Morgan fingerprint density at radius 3 is 0.733 bits per heavy atom. The molecule has 0 rings (SSSR count). The van der Waals surface area contributed by atoms with Gasteiger partial charge in [-0.05, 0) is 0 Å². The molecule has 0 unspecified atom stereocenters. The Morgan fingerprint density at radius 1 is 0.733 bits per heavy atom. The van der Waals surface area contributed by atoms with Crippen LogP contribution in [0, 0.1) is 20.2 Å². The van der Waals surface area contributed by atoms with Gasteiger partial charge in [-0.25, -0.2) is 0 Å². The molecule has 0 amide bonds. The summed E-state index contributed by atoms with van der Waals surface area (Å²) in [6, 6.07) is 0. The molecule has 0 spiro atoms. The molecule has 0 aliphatic carbocycles. The van der Waals surface area contributed by atoms with E-state index in [4.69, 9.17) is 33.5 Å². The minimum absolute atomic E-state index is 0. The summed E-state index contributed by atoms with van der Waals surface area (Å²) in [7, 11) is 0. The molecule has 0 saturated heterocycles. The molecule has 0 aliphatic rings. The maximum atomic E-state index is 8.36. The molecule has 98 valence electrons. The van der Waals surface area contributed by atoms with Crippen LogP contribution in [0.15, 0.2) is 0 Å². The van der Waals surface area contributed by atoms with Crippen LogP contribution in [0.1, 0.15) is 0 Å². The summed E-state index contributed by atoms with van der Waals surface area (Å²) in [6.45, 7) is 0. The molecule has 0 radical (unpaired) electrons. The van der Waals surface area contributed by atoms with Gasteiger partial charge in [0.05, 0.1) is 0 Å². The first kappa shape index (κ1) is 66.6. The van der Waals surface area contributed by atoms with E-state index in [1.165, 1.54) is 0 Å². The minimum atomic E-state index is -1.50. The van der Waals surface area contributed by atoms with Crippen molar-refractivity contribution in [2.75, 3.05) is 0 Å². The zero-order chi connectivity index (χ0) is 9.15. The SMILES string of the molecule is O.O.O.O.O.O=[N+]([O-])O.O=[N+]([O-])O.[O]=[Zr]. The van der Waals surface area contributed by atoms with Crippen molar-refractivity contribution in [3.8, 4) is 0 Å². The van der Waals surface area contributed by atoms with E-state index in [9.17, 15) is 0 Å². The summed E-state index contributed by atoms with van der Waals surface area (Å²) in [4.78, 5) is 16.7. The topological polar surface area (TPSA) is 301 Å². The molecule has 0 heterocycles. The van der Waals surface area contributed by atoms with Crippen LogP contribution in [-0.4, -0.2) is 48.0 Å². The summed E-state index contributed by atoms with van der Waals surface area (Å²) in [5.74, 6) is 0. The van der Waals surface area contributed by atoms with Crippen molar-refractivity contribution in [2.24, 2.45) is 0 Å². The summed E-state index contributed by atoms with van der Waals surface area (Å²) in [6.07, 6.45) is 0. The zero-order valence-electron chi connectivity index (χ0n) is 6.83. The van der Waals surface area contributed by atoms with Crippen LogP contribution in [0.2, 0.25) is 0 Å². The van der Waals surface area contributed by atoms with E-state index in [0.29, 0.717) is 24.7 Å². The molecule has 0 saturated carbocycles. The molecule has 12 N–H and O–H groups in total. The number of hydrogen-bond acceptors (Lipinski definition) is 5. The van der Waals surface area contributed by atoms with E-state index in [2.05, 4.69) is 0 Å². The van der Waals surface area contributed by atoms with Gasteiger partial charge in [-0.15, -0.1) is 20.2 Å². The van der Waals surface area contributed by atoms with E-state index in [0.717, 1.165) is 0 Å². The van der Waals surface area contributed by atoms with Gasteiger partial charge in [-0.2, -0.15) is 0 Å². The predicted octanol–water partition coefficient (Wildman–Crippen LogP) is -4.94. The fourth-order valence-corrected chi connectivity index (χ4v) is 0. The molecule has 0 aromatic rings. The van der Waals surface area contributed by atoms with Crippen LogP contribution in [0.25, 0.3) is 0 Å². The summed E-state index contributed by atoms with van der Waals surface area (Å²) < 4.78 is 8.34. The first-order valence-electron chi connectivity index (χ1n) is 1.33. The van der Waals surface area contributed by atoms with Crippen molar-refractivity contribution in [2.45, 2.75) is 0 Å². The molecule has 0 bridgehead atoms. The number of nitrogens with zero attached hydrogens (tertiary/aromatic N) is 2. The fraction of sp³-hybridized carbons (Fsp3) is 0. The van der Waals surface area contributed by atoms with Crippen molar-refractivity contribution in [3.05, 3.63) is 20.2 Å². The van der Waals surface area contributed by atoms with Crippen LogP contribution in [0.3, 0.4) is 0 Å². The first-order valence-corrected chi connectivity index (χ1v) is 2.34. The Bertz CT molecular complexity index is 81.8. The third-order valence-electron chi connectivity index (χ3n) is 0. The Morgan fingerprint density at radius 2 is 0.733 bits per heavy atom. The molecule has 14 nitrogen and oxygen atoms in total. The van der Waals surface area contributed by atoms with E-state index in [1.807, 2.05) is 0 Å². The van der Waals surface area contributed by atoms with E-state index in [1.54, 1.807) is 0 Å². The summed E-state index contributed by atoms with van der Waals surface area (Å²) >= 11 is 0.300. The van der Waals surface area contributed by atoms with Gasteiger partial charge in [0.2, 0.25) is 0 Å². The van der Waals surface area contributed by atoms with Crippen molar-refractivity contribution in [3.63, 3.8) is 0 Å². The Kier molecular flexibility index (Phi) is 339. The van der Waals surface area contributed by atoms with Gasteiger partial charge in [0.25, 0.3) is 10.2 Å². The van der Waals surface area contributed by atoms with Crippen molar-refractivity contribution in [1.82, 2.24) is 0 Å². The standard InChI is InChI=1S/2HNO3.5H2O.O.Zr/c2*2-1(3)4;;;;;;;/h2*(H,2,3,4);5*1H2;;. The molecular formula is H12N2O12Zr. The van der Waals surface area contributed by atoms with Gasteiger partial charge in [-0.3, -0.25) is 0 Å². The van der Waals surface area contributed by atoms with Gasteiger partial charge >= 0.3 is 27.5 Å². The average Bonchev–Trinajstić information content (AvgIpc) is 1.66. The second-order valence-corrected chi connectivity index (χ2v) is 0.476.